The van der Waals surface area contributed by atoms with Gasteiger partial charge in [-0.25, -0.2) is 0 Å². The fraction of sp³-hybridized carbons (Fsp3) is 0.579. The summed E-state index contributed by atoms with van der Waals surface area (Å²) in [5.74, 6) is 0.166. The largest absolute Gasteiger partial charge is 0.448 e. The average Bonchev–Trinajstić information content (AvgIpc) is 3.26. The number of nitrogens with zero attached hydrogens (tertiary/aromatic N) is 3. The summed E-state index contributed by atoms with van der Waals surface area (Å²) < 4.78 is 12.5. The molecular weight excluding hydrogens is 348 g/mol. The lowest BCUT2D eigenvalue weighted by Crippen LogP contribution is -2.50. The van der Waals surface area contributed by atoms with Crippen LogP contribution in [0.3, 0.4) is 0 Å². The van der Waals surface area contributed by atoms with Gasteiger partial charge in [0.1, 0.15) is 5.76 Å². The van der Waals surface area contributed by atoms with Gasteiger partial charge in [0.25, 0.3) is 5.91 Å². The van der Waals surface area contributed by atoms with Crippen LogP contribution < -0.4 is 5.32 Å². The molecule has 27 heavy (non-hydrogen) atoms. The van der Waals surface area contributed by atoms with E-state index in [1.807, 2.05) is 34.6 Å². The highest BCUT2D eigenvalue weighted by Crippen LogP contribution is 2.65. The van der Waals surface area contributed by atoms with Crippen molar-refractivity contribution >= 4 is 17.6 Å². The predicted molar refractivity (Wildman–Crippen MR) is 95.9 cm³/mol. The highest BCUT2D eigenvalue weighted by atomic mass is 16.6. The zero-order chi connectivity index (χ0) is 19.6. The minimum Gasteiger partial charge on any atom is -0.448 e. The van der Waals surface area contributed by atoms with Crippen LogP contribution in [0.4, 0.5) is 5.69 Å². The van der Waals surface area contributed by atoms with E-state index in [0.29, 0.717) is 25.1 Å². The number of aromatic nitrogens is 3. The summed E-state index contributed by atoms with van der Waals surface area (Å²) in [6.07, 6.45) is 4.52. The molecular formula is C19H24N4O4. The van der Waals surface area contributed by atoms with E-state index in [1.54, 1.807) is 17.1 Å². The van der Waals surface area contributed by atoms with E-state index in [4.69, 9.17) is 9.26 Å². The van der Waals surface area contributed by atoms with Crippen LogP contribution in [-0.4, -0.2) is 32.4 Å². The lowest BCUT2D eigenvalue weighted by Gasteiger charge is -2.35. The van der Waals surface area contributed by atoms with E-state index in [1.165, 1.54) is 0 Å². The first-order chi connectivity index (χ1) is 12.6. The first kappa shape index (κ1) is 17.8. The first-order valence-corrected chi connectivity index (χ1v) is 9.10. The lowest BCUT2D eigenvalue weighted by atomic mass is 9.66. The van der Waals surface area contributed by atoms with Gasteiger partial charge in [-0.1, -0.05) is 19.0 Å². The second kappa shape index (κ2) is 5.43. The van der Waals surface area contributed by atoms with Gasteiger partial charge in [0.05, 0.1) is 29.5 Å². The number of nitrogens with one attached hydrogen (secondary N) is 1. The number of hydrogen-bond donors (Lipinski definition) is 1. The monoisotopic (exact) mass is 372 g/mol. The fourth-order valence-corrected chi connectivity index (χ4v) is 4.38. The first-order valence-electron chi connectivity index (χ1n) is 9.10. The molecule has 1 aliphatic heterocycles. The number of amides is 1. The van der Waals surface area contributed by atoms with Crippen molar-refractivity contribution in [1.29, 1.82) is 0 Å². The van der Waals surface area contributed by atoms with Crippen LogP contribution in [0.2, 0.25) is 0 Å². The topological polar surface area (TPSA) is 99.2 Å². The Hall–Kier alpha value is -2.64. The van der Waals surface area contributed by atoms with Gasteiger partial charge < -0.3 is 14.6 Å². The molecule has 8 nitrogen and oxygen atoms in total. The molecule has 2 atom stereocenters. The highest BCUT2D eigenvalue weighted by molar-refractivity contribution is 6.03. The number of ether oxygens (including phenoxy) is 1. The second-order valence-corrected chi connectivity index (χ2v) is 8.36. The van der Waals surface area contributed by atoms with Gasteiger partial charge >= 0.3 is 5.97 Å². The number of carbonyl (C=O) groups is 2. The number of hydrogen-bond acceptors (Lipinski definition) is 6. The summed E-state index contributed by atoms with van der Waals surface area (Å²) in [6, 6.07) is 0. The SMILES string of the molecule is Cc1noc(C)c1Cn1cc(NC(=O)C23CCC(C)(C(=O)O2)C3(C)C)cn1. The van der Waals surface area contributed by atoms with E-state index in [9.17, 15) is 9.59 Å². The Labute approximate surface area is 157 Å². The van der Waals surface area contributed by atoms with Crippen LogP contribution in [0.1, 0.15) is 50.6 Å². The molecule has 2 aromatic rings. The zero-order valence-corrected chi connectivity index (χ0v) is 16.3. The number of anilines is 1. The Balaban J connectivity index is 1.53. The van der Waals surface area contributed by atoms with E-state index in [2.05, 4.69) is 15.6 Å². The fourth-order valence-electron chi connectivity index (χ4n) is 4.38. The van der Waals surface area contributed by atoms with Crippen LogP contribution in [0.15, 0.2) is 16.9 Å². The number of esters is 1. The summed E-state index contributed by atoms with van der Waals surface area (Å²) >= 11 is 0. The number of rotatable bonds is 4. The van der Waals surface area contributed by atoms with Crippen molar-refractivity contribution < 1.29 is 18.8 Å². The molecule has 0 aromatic carbocycles. The van der Waals surface area contributed by atoms with Gasteiger partial charge in [0, 0.05) is 17.2 Å². The van der Waals surface area contributed by atoms with Crippen molar-refractivity contribution in [2.75, 3.05) is 5.32 Å². The quantitative estimate of drug-likeness (QED) is 0.828. The molecule has 0 spiro atoms. The Morgan fingerprint density at radius 1 is 1.30 bits per heavy atom. The van der Waals surface area contributed by atoms with Gasteiger partial charge in [-0.3, -0.25) is 14.3 Å². The van der Waals surface area contributed by atoms with Crippen molar-refractivity contribution in [3.63, 3.8) is 0 Å². The molecule has 2 aliphatic rings. The Kier molecular flexibility index (Phi) is 3.57. The maximum atomic E-state index is 13.1. The van der Waals surface area contributed by atoms with Crippen LogP contribution in [0.5, 0.6) is 0 Å². The summed E-state index contributed by atoms with van der Waals surface area (Å²) in [5.41, 5.74) is 0.00620. The molecule has 2 aromatic heterocycles. The number of carbonyl (C=O) groups excluding carboxylic acids is 2. The molecule has 1 amide bonds. The highest BCUT2D eigenvalue weighted by Gasteiger charge is 2.75. The Morgan fingerprint density at radius 2 is 2.04 bits per heavy atom. The van der Waals surface area contributed by atoms with E-state index in [0.717, 1.165) is 17.0 Å². The van der Waals surface area contributed by atoms with Crippen LogP contribution in [0.25, 0.3) is 0 Å². The molecule has 2 unspecified atom stereocenters. The van der Waals surface area contributed by atoms with E-state index < -0.39 is 16.4 Å². The van der Waals surface area contributed by atoms with Gasteiger partial charge in [-0.15, -0.1) is 0 Å². The van der Waals surface area contributed by atoms with Gasteiger partial charge in [0.15, 0.2) is 5.60 Å². The summed E-state index contributed by atoms with van der Waals surface area (Å²) in [4.78, 5) is 25.4. The standard InChI is InChI=1S/C19H24N4O4/c1-11-14(12(2)27-22-11)10-23-9-13(8-20-23)21-15(24)19-7-6-18(5,16(25)26-19)17(19,3)4/h8-9H,6-7,10H2,1-5H3,(H,21,24). The van der Waals surface area contributed by atoms with Crippen molar-refractivity contribution in [3.05, 3.63) is 29.4 Å². The lowest BCUT2D eigenvalue weighted by molar-refractivity contribution is -0.165. The normalized spacial score (nSPS) is 28.4. The zero-order valence-electron chi connectivity index (χ0n) is 16.3. The third-order valence-corrected chi connectivity index (χ3v) is 6.84. The Morgan fingerprint density at radius 3 is 2.59 bits per heavy atom. The smallest absolute Gasteiger partial charge is 0.313 e. The van der Waals surface area contributed by atoms with Crippen LogP contribution >= 0.6 is 0 Å². The molecule has 1 aliphatic carbocycles. The maximum absolute atomic E-state index is 13.1. The summed E-state index contributed by atoms with van der Waals surface area (Å²) in [6.45, 7) is 10.00. The van der Waals surface area contributed by atoms with Crippen molar-refractivity contribution in [3.8, 4) is 0 Å². The Bertz CT molecular complexity index is 924. The predicted octanol–water partition coefficient (Wildman–Crippen LogP) is 2.60. The van der Waals surface area contributed by atoms with Crippen molar-refractivity contribution in [2.24, 2.45) is 10.8 Å². The third-order valence-electron chi connectivity index (χ3n) is 6.84. The minimum atomic E-state index is -1.14. The van der Waals surface area contributed by atoms with E-state index in [-0.39, 0.29) is 11.9 Å². The van der Waals surface area contributed by atoms with Crippen molar-refractivity contribution in [2.45, 2.75) is 59.6 Å². The molecule has 2 fully saturated rings. The van der Waals surface area contributed by atoms with Crippen molar-refractivity contribution in [1.82, 2.24) is 14.9 Å². The molecule has 3 heterocycles. The third kappa shape index (κ3) is 2.22. The van der Waals surface area contributed by atoms with Crippen LogP contribution in [0, 0.1) is 24.7 Å². The molecule has 1 saturated heterocycles. The molecule has 1 N–H and O–H groups in total. The molecule has 8 heteroatoms. The summed E-state index contributed by atoms with van der Waals surface area (Å²) in [7, 11) is 0. The average molecular weight is 372 g/mol. The summed E-state index contributed by atoms with van der Waals surface area (Å²) in [5, 5.41) is 11.1. The molecule has 2 bridgehead atoms. The molecule has 1 saturated carbocycles. The van der Waals surface area contributed by atoms with Gasteiger partial charge in [0.2, 0.25) is 0 Å². The number of fused-ring (bicyclic) bond motifs is 2. The molecule has 4 rings (SSSR count). The van der Waals surface area contributed by atoms with Crippen LogP contribution in [-0.2, 0) is 20.9 Å². The van der Waals surface area contributed by atoms with Gasteiger partial charge in [-0.2, -0.15) is 5.10 Å². The maximum Gasteiger partial charge on any atom is 0.313 e. The van der Waals surface area contributed by atoms with E-state index >= 15 is 0 Å². The number of aryl methyl sites for hydroxylation is 2. The minimum absolute atomic E-state index is 0.289. The second-order valence-electron chi connectivity index (χ2n) is 8.36. The molecule has 144 valence electrons. The molecule has 0 radical (unpaired) electrons. The van der Waals surface area contributed by atoms with Gasteiger partial charge in [-0.05, 0) is 33.6 Å².